The number of benzene rings is 1. The first-order chi connectivity index (χ1) is 6.81. The van der Waals surface area contributed by atoms with Crippen LogP contribution in [0, 0.1) is 0 Å². The molecule has 0 bridgehead atoms. The number of methoxy groups -OCH3 is 1. The second-order valence-electron chi connectivity index (χ2n) is 2.80. The zero-order valence-corrected chi connectivity index (χ0v) is 7.71. The van der Waals surface area contributed by atoms with Crippen molar-refractivity contribution in [2.75, 3.05) is 12.8 Å². The van der Waals surface area contributed by atoms with Crippen LogP contribution in [0.4, 0.5) is 5.69 Å². The summed E-state index contributed by atoms with van der Waals surface area (Å²) in [5.41, 5.74) is 7.22. The van der Waals surface area contributed by atoms with Gasteiger partial charge in [-0.3, -0.25) is 4.57 Å². The number of nitrogen functional groups attached to an aromatic ring is 1. The number of anilines is 1. The molecule has 0 fully saturated rings. The number of hydrogen-bond acceptors (Lipinski definition) is 4. The maximum absolute atomic E-state index is 5.69. The Morgan fingerprint density at radius 3 is 2.64 bits per heavy atom. The van der Waals surface area contributed by atoms with Crippen LogP contribution in [0.3, 0.4) is 0 Å². The van der Waals surface area contributed by atoms with Gasteiger partial charge in [-0.25, -0.2) is 0 Å². The van der Waals surface area contributed by atoms with Gasteiger partial charge in [-0.2, -0.15) is 0 Å². The smallest absolute Gasteiger partial charge is 0.143 e. The third kappa shape index (κ3) is 1.39. The Labute approximate surface area is 81.1 Å². The predicted octanol–water partition coefficient (Wildman–Crippen LogP) is 0.858. The van der Waals surface area contributed by atoms with E-state index in [1.165, 1.54) is 0 Å². The second-order valence-corrected chi connectivity index (χ2v) is 2.80. The minimum Gasteiger partial charge on any atom is -0.495 e. The second kappa shape index (κ2) is 3.37. The quantitative estimate of drug-likeness (QED) is 0.713. The molecule has 2 aromatic rings. The summed E-state index contributed by atoms with van der Waals surface area (Å²) in [6, 6.07) is 5.49. The Bertz CT molecular complexity index is 424. The van der Waals surface area contributed by atoms with Crippen molar-refractivity contribution in [1.82, 2.24) is 14.8 Å². The Hall–Kier alpha value is -2.04. The summed E-state index contributed by atoms with van der Waals surface area (Å²) in [6.45, 7) is 0. The summed E-state index contributed by atoms with van der Waals surface area (Å²) < 4.78 is 6.88. The van der Waals surface area contributed by atoms with E-state index in [1.807, 2.05) is 12.1 Å². The average molecular weight is 190 g/mol. The molecule has 5 nitrogen and oxygen atoms in total. The lowest BCUT2D eigenvalue weighted by atomic mass is 10.2. The van der Waals surface area contributed by atoms with E-state index in [0.717, 1.165) is 5.69 Å². The molecule has 0 amide bonds. The summed E-state index contributed by atoms with van der Waals surface area (Å²) in [7, 11) is 1.58. The van der Waals surface area contributed by atoms with E-state index < -0.39 is 0 Å². The van der Waals surface area contributed by atoms with Gasteiger partial charge in [-0.15, -0.1) is 10.2 Å². The molecular formula is C9H10N4O. The summed E-state index contributed by atoms with van der Waals surface area (Å²) in [6.07, 6.45) is 3.23. The van der Waals surface area contributed by atoms with Crippen LogP contribution in [0.15, 0.2) is 30.9 Å². The average Bonchev–Trinajstić information content (AvgIpc) is 2.71. The van der Waals surface area contributed by atoms with Crippen molar-refractivity contribution in [3.05, 3.63) is 30.9 Å². The highest BCUT2D eigenvalue weighted by atomic mass is 16.5. The molecule has 1 aromatic heterocycles. The van der Waals surface area contributed by atoms with Crippen LogP contribution in [0.5, 0.6) is 5.75 Å². The molecule has 0 aliphatic heterocycles. The fourth-order valence-corrected chi connectivity index (χ4v) is 1.19. The van der Waals surface area contributed by atoms with Crippen molar-refractivity contribution in [2.45, 2.75) is 0 Å². The van der Waals surface area contributed by atoms with Gasteiger partial charge in [0, 0.05) is 6.07 Å². The SMILES string of the molecule is COc1cc(-n2cnnc2)ccc1N. The minimum atomic E-state index is 0.615. The summed E-state index contributed by atoms with van der Waals surface area (Å²) in [5, 5.41) is 7.43. The summed E-state index contributed by atoms with van der Waals surface area (Å²) in [4.78, 5) is 0. The molecule has 0 saturated heterocycles. The maximum atomic E-state index is 5.69. The molecule has 1 aromatic carbocycles. The number of rotatable bonds is 2. The summed E-state index contributed by atoms with van der Waals surface area (Å²) >= 11 is 0. The van der Waals surface area contributed by atoms with Crippen molar-refractivity contribution in [3.63, 3.8) is 0 Å². The number of hydrogen-bond donors (Lipinski definition) is 1. The van der Waals surface area contributed by atoms with Crippen LogP contribution in [0.2, 0.25) is 0 Å². The standard InChI is InChI=1S/C9H10N4O/c1-14-9-4-7(2-3-8(9)10)13-5-11-12-6-13/h2-6H,10H2,1H3. The molecule has 2 rings (SSSR count). The van der Waals surface area contributed by atoms with E-state index in [4.69, 9.17) is 10.5 Å². The number of nitrogens with zero attached hydrogens (tertiary/aromatic N) is 3. The number of aromatic nitrogens is 3. The first kappa shape index (κ1) is 8.55. The number of nitrogens with two attached hydrogens (primary N) is 1. The Morgan fingerprint density at radius 1 is 1.29 bits per heavy atom. The van der Waals surface area contributed by atoms with E-state index >= 15 is 0 Å². The van der Waals surface area contributed by atoms with Crippen molar-refractivity contribution < 1.29 is 4.74 Å². The first-order valence-corrected chi connectivity index (χ1v) is 4.10. The highest BCUT2D eigenvalue weighted by molar-refractivity contribution is 5.57. The van der Waals surface area contributed by atoms with Gasteiger partial charge in [-0.1, -0.05) is 0 Å². The Kier molecular flexibility index (Phi) is 2.06. The van der Waals surface area contributed by atoms with Crippen LogP contribution in [-0.4, -0.2) is 21.9 Å². The lowest BCUT2D eigenvalue weighted by molar-refractivity contribution is 0.417. The summed E-state index contributed by atoms with van der Waals surface area (Å²) in [5.74, 6) is 0.649. The molecule has 0 spiro atoms. The van der Waals surface area contributed by atoms with Gasteiger partial charge in [0.15, 0.2) is 0 Å². The number of ether oxygens (including phenoxy) is 1. The first-order valence-electron chi connectivity index (χ1n) is 4.10. The Balaban J connectivity index is 2.46. The largest absolute Gasteiger partial charge is 0.495 e. The van der Waals surface area contributed by atoms with Crippen molar-refractivity contribution >= 4 is 5.69 Å². The molecule has 5 heteroatoms. The highest BCUT2D eigenvalue weighted by Gasteiger charge is 2.01. The Morgan fingerprint density at radius 2 is 2.00 bits per heavy atom. The molecule has 2 N–H and O–H groups in total. The van der Waals surface area contributed by atoms with E-state index in [0.29, 0.717) is 11.4 Å². The van der Waals surface area contributed by atoms with Gasteiger partial charge >= 0.3 is 0 Å². The van der Waals surface area contributed by atoms with Gasteiger partial charge in [-0.05, 0) is 12.1 Å². The van der Waals surface area contributed by atoms with Crippen LogP contribution in [0.25, 0.3) is 5.69 Å². The van der Waals surface area contributed by atoms with Crippen molar-refractivity contribution in [2.24, 2.45) is 0 Å². The van der Waals surface area contributed by atoms with Crippen LogP contribution < -0.4 is 10.5 Å². The van der Waals surface area contributed by atoms with Gasteiger partial charge in [0.25, 0.3) is 0 Å². The minimum absolute atomic E-state index is 0.615. The van der Waals surface area contributed by atoms with E-state index in [1.54, 1.807) is 30.4 Å². The molecule has 0 unspecified atom stereocenters. The third-order valence-electron chi connectivity index (χ3n) is 1.93. The molecule has 0 aliphatic rings. The zero-order chi connectivity index (χ0) is 9.97. The van der Waals surface area contributed by atoms with E-state index in [-0.39, 0.29) is 0 Å². The molecule has 14 heavy (non-hydrogen) atoms. The molecule has 0 saturated carbocycles. The fraction of sp³-hybridized carbons (Fsp3) is 0.111. The van der Waals surface area contributed by atoms with Crippen LogP contribution >= 0.6 is 0 Å². The molecular weight excluding hydrogens is 180 g/mol. The normalized spacial score (nSPS) is 10.1. The lowest BCUT2D eigenvalue weighted by Crippen LogP contribution is -1.95. The van der Waals surface area contributed by atoms with Crippen LogP contribution in [-0.2, 0) is 0 Å². The van der Waals surface area contributed by atoms with Gasteiger partial charge in [0.05, 0.1) is 18.5 Å². The predicted molar refractivity (Wildman–Crippen MR) is 52.3 cm³/mol. The molecule has 72 valence electrons. The monoisotopic (exact) mass is 190 g/mol. The molecule has 0 aliphatic carbocycles. The van der Waals surface area contributed by atoms with Crippen molar-refractivity contribution in [1.29, 1.82) is 0 Å². The van der Waals surface area contributed by atoms with Gasteiger partial charge in [0.1, 0.15) is 18.4 Å². The molecule has 0 atom stereocenters. The van der Waals surface area contributed by atoms with Crippen molar-refractivity contribution in [3.8, 4) is 11.4 Å². The third-order valence-corrected chi connectivity index (χ3v) is 1.93. The maximum Gasteiger partial charge on any atom is 0.143 e. The fourth-order valence-electron chi connectivity index (χ4n) is 1.19. The van der Waals surface area contributed by atoms with Gasteiger partial charge < -0.3 is 10.5 Å². The topological polar surface area (TPSA) is 66.0 Å². The molecule has 1 heterocycles. The highest BCUT2D eigenvalue weighted by Crippen LogP contribution is 2.23. The van der Waals surface area contributed by atoms with Gasteiger partial charge in [0.2, 0.25) is 0 Å². The van der Waals surface area contributed by atoms with Crippen LogP contribution in [0.1, 0.15) is 0 Å². The van der Waals surface area contributed by atoms with E-state index in [9.17, 15) is 0 Å². The lowest BCUT2D eigenvalue weighted by Gasteiger charge is -2.06. The van der Waals surface area contributed by atoms with E-state index in [2.05, 4.69) is 10.2 Å². The zero-order valence-electron chi connectivity index (χ0n) is 7.71. The molecule has 0 radical (unpaired) electrons.